The lowest BCUT2D eigenvalue weighted by Crippen LogP contribution is -2.14. The molecule has 0 atom stereocenters. The Labute approximate surface area is 273 Å². The van der Waals surface area contributed by atoms with E-state index in [0.29, 0.717) is 0 Å². The third-order valence-electron chi connectivity index (χ3n) is 10.4. The van der Waals surface area contributed by atoms with E-state index in [1.165, 1.54) is 66.1 Å². The Kier molecular flexibility index (Phi) is 5.37. The van der Waals surface area contributed by atoms with Crippen LogP contribution in [0.15, 0.2) is 156 Å². The summed E-state index contributed by atoms with van der Waals surface area (Å²) in [4.78, 5) is 0. The van der Waals surface area contributed by atoms with Crippen molar-refractivity contribution >= 4 is 43.7 Å². The van der Waals surface area contributed by atoms with Gasteiger partial charge in [0.1, 0.15) is 11.2 Å². The Bertz CT molecular complexity index is 2690. The van der Waals surface area contributed by atoms with Crippen LogP contribution < -0.4 is 0 Å². The maximum absolute atomic E-state index is 6.60. The molecule has 0 saturated heterocycles. The number of hydrogen-bond donors (Lipinski definition) is 0. The van der Waals surface area contributed by atoms with Crippen molar-refractivity contribution < 1.29 is 4.42 Å². The molecule has 0 radical (unpaired) electrons. The van der Waals surface area contributed by atoms with Crippen LogP contribution in [0, 0.1) is 0 Å². The quantitative estimate of drug-likeness (QED) is 0.197. The molecule has 10 rings (SSSR count). The van der Waals surface area contributed by atoms with E-state index < -0.39 is 0 Å². The average molecular weight is 602 g/mol. The lowest BCUT2D eigenvalue weighted by atomic mass is 9.82. The van der Waals surface area contributed by atoms with Gasteiger partial charge in [0.25, 0.3) is 0 Å². The summed E-state index contributed by atoms with van der Waals surface area (Å²) < 4.78 is 9.00. The number of para-hydroxylation sites is 1. The largest absolute Gasteiger partial charge is 0.456 e. The summed E-state index contributed by atoms with van der Waals surface area (Å²) in [6.45, 7) is 4.63. The minimum Gasteiger partial charge on any atom is -0.456 e. The van der Waals surface area contributed by atoms with Crippen LogP contribution >= 0.6 is 0 Å². The van der Waals surface area contributed by atoms with Crippen LogP contribution in [0.2, 0.25) is 0 Å². The standard InChI is InChI=1S/C45H31NO/c1-45(2)39-14-8-6-12-33(39)37-26-38-36-23-19-31(25-43(36)47-44(38)27-40(37)45)30-18-22-35-34-13-7-9-15-41(34)46(42(35)24-30)32-20-16-29(17-21-32)28-10-4-3-5-11-28/h3-27H,1-2H3. The van der Waals surface area contributed by atoms with Crippen molar-refractivity contribution in [3.05, 3.63) is 163 Å². The van der Waals surface area contributed by atoms with Gasteiger partial charge in [-0.15, -0.1) is 0 Å². The maximum Gasteiger partial charge on any atom is 0.136 e. The lowest BCUT2D eigenvalue weighted by Gasteiger charge is -2.21. The molecule has 0 fully saturated rings. The summed E-state index contributed by atoms with van der Waals surface area (Å²) in [6.07, 6.45) is 0. The van der Waals surface area contributed by atoms with Gasteiger partial charge in [-0.05, 0) is 93.0 Å². The van der Waals surface area contributed by atoms with Crippen molar-refractivity contribution in [3.63, 3.8) is 0 Å². The van der Waals surface area contributed by atoms with Gasteiger partial charge in [-0.25, -0.2) is 0 Å². The number of hydrogen-bond acceptors (Lipinski definition) is 1. The van der Waals surface area contributed by atoms with Crippen LogP contribution in [0.25, 0.3) is 82.8 Å². The zero-order valence-electron chi connectivity index (χ0n) is 26.3. The predicted octanol–water partition coefficient (Wildman–Crippen LogP) is 12.3. The average Bonchev–Trinajstić information content (AvgIpc) is 3.72. The van der Waals surface area contributed by atoms with Gasteiger partial charge in [0.2, 0.25) is 0 Å². The molecule has 47 heavy (non-hydrogen) atoms. The number of aromatic nitrogens is 1. The summed E-state index contributed by atoms with van der Waals surface area (Å²) in [7, 11) is 0. The summed E-state index contributed by atoms with van der Waals surface area (Å²) in [5.74, 6) is 0. The molecule has 2 heterocycles. The molecule has 0 N–H and O–H groups in total. The molecule has 0 saturated carbocycles. The van der Waals surface area contributed by atoms with Gasteiger partial charge in [0, 0.05) is 32.6 Å². The van der Waals surface area contributed by atoms with E-state index in [1.54, 1.807) is 0 Å². The highest BCUT2D eigenvalue weighted by molar-refractivity contribution is 6.11. The molecule has 222 valence electrons. The Hall–Kier alpha value is -5.86. The van der Waals surface area contributed by atoms with E-state index in [1.807, 2.05) is 0 Å². The monoisotopic (exact) mass is 601 g/mol. The van der Waals surface area contributed by atoms with Crippen molar-refractivity contribution in [2.75, 3.05) is 0 Å². The molecule has 0 spiro atoms. The van der Waals surface area contributed by atoms with Gasteiger partial charge in [-0.1, -0.05) is 117 Å². The topological polar surface area (TPSA) is 18.1 Å². The van der Waals surface area contributed by atoms with Crippen LogP contribution in [0.5, 0.6) is 0 Å². The first-order chi connectivity index (χ1) is 23.0. The first kappa shape index (κ1) is 26.4. The van der Waals surface area contributed by atoms with Crippen molar-refractivity contribution in [2.24, 2.45) is 0 Å². The minimum absolute atomic E-state index is 0.0556. The van der Waals surface area contributed by atoms with Crippen molar-refractivity contribution in [1.29, 1.82) is 0 Å². The van der Waals surface area contributed by atoms with E-state index in [9.17, 15) is 0 Å². The molecule has 9 aromatic rings. The molecule has 1 aliphatic carbocycles. The van der Waals surface area contributed by atoms with Crippen LogP contribution in [0.3, 0.4) is 0 Å². The van der Waals surface area contributed by atoms with Gasteiger partial charge in [0.05, 0.1) is 11.0 Å². The third kappa shape index (κ3) is 3.79. The number of fused-ring (bicyclic) bond motifs is 9. The fourth-order valence-electron chi connectivity index (χ4n) is 8.01. The number of furan rings is 1. The van der Waals surface area contributed by atoms with E-state index in [0.717, 1.165) is 27.8 Å². The normalized spacial score (nSPS) is 13.5. The minimum atomic E-state index is -0.0556. The molecule has 0 aliphatic heterocycles. The van der Waals surface area contributed by atoms with Gasteiger partial charge in [-0.3, -0.25) is 0 Å². The number of nitrogens with zero attached hydrogens (tertiary/aromatic N) is 1. The molecular formula is C45H31NO. The zero-order valence-corrected chi connectivity index (χ0v) is 26.3. The Balaban J connectivity index is 1.11. The van der Waals surface area contributed by atoms with Gasteiger partial charge in [0.15, 0.2) is 0 Å². The van der Waals surface area contributed by atoms with E-state index >= 15 is 0 Å². The second-order valence-electron chi connectivity index (χ2n) is 13.4. The number of benzene rings is 7. The summed E-state index contributed by atoms with van der Waals surface area (Å²) >= 11 is 0. The molecule has 2 heteroatoms. The van der Waals surface area contributed by atoms with Crippen molar-refractivity contribution in [1.82, 2.24) is 4.57 Å². The fourth-order valence-corrected chi connectivity index (χ4v) is 8.01. The molecule has 0 unspecified atom stereocenters. The second-order valence-corrected chi connectivity index (χ2v) is 13.4. The Morgan fingerprint density at radius 1 is 0.426 bits per heavy atom. The second kappa shape index (κ2) is 9.57. The van der Waals surface area contributed by atoms with Crippen LogP contribution in [0.4, 0.5) is 0 Å². The van der Waals surface area contributed by atoms with Gasteiger partial charge in [-0.2, -0.15) is 0 Å². The molecule has 2 nitrogen and oxygen atoms in total. The lowest BCUT2D eigenvalue weighted by molar-refractivity contribution is 0.647. The first-order valence-electron chi connectivity index (χ1n) is 16.3. The third-order valence-corrected chi connectivity index (χ3v) is 10.4. The summed E-state index contributed by atoms with van der Waals surface area (Å²) in [5, 5.41) is 4.83. The maximum atomic E-state index is 6.60. The summed E-state index contributed by atoms with van der Waals surface area (Å²) in [5.41, 5.74) is 15.5. The smallest absolute Gasteiger partial charge is 0.136 e. The van der Waals surface area contributed by atoms with Crippen molar-refractivity contribution in [3.8, 4) is 39.1 Å². The summed E-state index contributed by atoms with van der Waals surface area (Å²) in [6, 6.07) is 55.1. The molecule has 0 bridgehead atoms. The molecule has 7 aromatic carbocycles. The fraction of sp³-hybridized carbons (Fsp3) is 0.0667. The number of rotatable bonds is 3. The first-order valence-corrected chi connectivity index (χ1v) is 16.3. The van der Waals surface area contributed by atoms with Crippen LogP contribution in [-0.2, 0) is 5.41 Å². The highest BCUT2D eigenvalue weighted by atomic mass is 16.3. The van der Waals surface area contributed by atoms with E-state index in [4.69, 9.17) is 4.42 Å². The van der Waals surface area contributed by atoms with Crippen LogP contribution in [-0.4, -0.2) is 4.57 Å². The molecule has 2 aromatic heterocycles. The SMILES string of the molecule is CC1(C)c2ccccc2-c2cc3c(cc21)oc1cc(-c2ccc4c5ccccc5n(-c5ccc(-c6ccccc6)cc5)c4c2)ccc13. The molecule has 1 aliphatic rings. The highest BCUT2D eigenvalue weighted by Crippen LogP contribution is 2.50. The van der Waals surface area contributed by atoms with Gasteiger partial charge >= 0.3 is 0 Å². The highest BCUT2D eigenvalue weighted by Gasteiger charge is 2.36. The Morgan fingerprint density at radius 2 is 1.06 bits per heavy atom. The van der Waals surface area contributed by atoms with Crippen molar-refractivity contribution in [2.45, 2.75) is 19.3 Å². The predicted molar refractivity (Wildman–Crippen MR) is 196 cm³/mol. The molecular weight excluding hydrogens is 571 g/mol. The van der Waals surface area contributed by atoms with Crippen LogP contribution in [0.1, 0.15) is 25.0 Å². The van der Waals surface area contributed by atoms with Gasteiger partial charge < -0.3 is 8.98 Å². The van der Waals surface area contributed by atoms with E-state index in [2.05, 4.69) is 170 Å². The van der Waals surface area contributed by atoms with E-state index in [-0.39, 0.29) is 5.41 Å². The molecule has 0 amide bonds. The zero-order chi connectivity index (χ0) is 31.3. The Morgan fingerprint density at radius 3 is 1.91 bits per heavy atom.